The second kappa shape index (κ2) is 6.18. The van der Waals surface area contributed by atoms with Crippen molar-refractivity contribution in [2.24, 2.45) is 0 Å². The van der Waals surface area contributed by atoms with Gasteiger partial charge in [-0.15, -0.1) is 11.3 Å². The molecular weight excluding hydrogens is 279 g/mol. The smallest absolute Gasteiger partial charge is 0.347 e. The molecule has 0 unspecified atom stereocenters. The van der Waals surface area contributed by atoms with E-state index in [9.17, 15) is 22.8 Å². The van der Waals surface area contributed by atoms with Crippen LogP contribution in [0.3, 0.4) is 0 Å². The van der Waals surface area contributed by atoms with Gasteiger partial charge in [0.1, 0.15) is 6.54 Å². The highest BCUT2D eigenvalue weighted by Crippen LogP contribution is 2.22. The average Bonchev–Trinajstić information content (AvgIpc) is 2.61. The fraction of sp³-hybridized carbons (Fsp3) is 0.500. The molecule has 0 bridgehead atoms. The maximum Gasteiger partial charge on any atom is 0.405 e. The van der Waals surface area contributed by atoms with Crippen molar-refractivity contribution in [3.05, 3.63) is 21.4 Å². The van der Waals surface area contributed by atoms with Gasteiger partial charge in [0.2, 0.25) is 5.91 Å². The van der Waals surface area contributed by atoms with E-state index in [0.29, 0.717) is 5.56 Å². The van der Waals surface area contributed by atoms with Crippen molar-refractivity contribution >= 4 is 23.0 Å². The largest absolute Gasteiger partial charge is 0.405 e. The molecule has 0 spiro atoms. The number of nitrogens with one attached hydrogen (secondary N) is 1. The van der Waals surface area contributed by atoms with Crippen LogP contribution in [0.5, 0.6) is 0 Å². The van der Waals surface area contributed by atoms with Gasteiger partial charge in [-0.3, -0.25) is 9.59 Å². The van der Waals surface area contributed by atoms with Crippen molar-refractivity contribution in [2.75, 3.05) is 6.54 Å². The zero-order valence-corrected chi connectivity index (χ0v) is 11.4. The van der Waals surface area contributed by atoms with Crippen LogP contribution in [0, 0.1) is 13.8 Å². The molecule has 1 amide bonds. The molecule has 0 aliphatic heterocycles. The van der Waals surface area contributed by atoms with Gasteiger partial charge in [0.05, 0.1) is 0 Å². The Morgan fingerprint density at radius 2 is 1.89 bits per heavy atom. The maximum atomic E-state index is 11.9. The summed E-state index contributed by atoms with van der Waals surface area (Å²) in [7, 11) is 0. The van der Waals surface area contributed by atoms with Gasteiger partial charge < -0.3 is 5.32 Å². The number of halogens is 3. The fourth-order valence-corrected chi connectivity index (χ4v) is 2.50. The lowest BCUT2D eigenvalue weighted by atomic mass is 10.1. The van der Waals surface area contributed by atoms with Crippen LogP contribution in [0.1, 0.15) is 33.0 Å². The molecule has 0 aliphatic carbocycles. The van der Waals surface area contributed by atoms with E-state index in [1.165, 1.54) is 11.3 Å². The molecule has 1 aromatic heterocycles. The molecule has 0 aliphatic rings. The topological polar surface area (TPSA) is 46.2 Å². The van der Waals surface area contributed by atoms with E-state index in [-0.39, 0.29) is 18.6 Å². The maximum absolute atomic E-state index is 11.9. The van der Waals surface area contributed by atoms with Crippen molar-refractivity contribution in [1.82, 2.24) is 5.32 Å². The number of carbonyl (C=O) groups excluding carboxylic acids is 2. The Labute approximate surface area is 112 Å². The number of thiophene rings is 1. The van der Waals surface area contributed by atoms with Crippen LogP contribution in [0.4, 0.5) is 13.2 Å². The molecule has 19 heavy (non-hydrogen) atoms. The highest BCUT2D eigenvalue weighted by molar-refractivity contribution is 7.12. The van der Waals surface area contributed by atoms with Crippen LogP contribution >= 0.6 is 11.3 Å². The molecule has 0 atom stereocenters. The van der Waals surface area contributed by atoms with Crippen molar-refractivity contribution in [3.63, 3.8) is 0 Å². The van der Waals surface area contributed by atoms with Crippen LogP contribution in [-0.2, 0) is 4.79 Å². The molecule has 7 heteroatoms. The summed E-state index contributed by atoms with van der Waals surface area (Å²) in [5, 5.41) is 1.74. The standard InChI is InChI=1S/C12H14F3NO2S/c1-7-5-9(8(2)19-7)10(17)3-4-11(18)16-6-12(13,14)15/h5H,3-4,6H2,1-2H3,(H,16,18). The van der Waals surface area contributed by atoms with Crippen molar-refractivity contribution < 1.29 is 22.8 Å². The van der Waals surface area contributed by atoms with Crippen molar-refractivity contribution in [2.45, 2.75) is 32.9 Å². The minimum absolute atomic E-state index is 0.0826. The SMILES string of the molecule is Cc1cc(C(=O)CCC(=O)NCC(F)(F)F)c(C)s1. The molecule has 1 N–H and O–H groups in total. The van der Waals surface area contributed by atoms with Gasteiger partial charge in [-0.05, 0) is 19.9 Å². The van der Waals surface area contributed by atoms with Crippen LogP contribution in [0.15, 0.2) is 6.07 Å². The zero-order valence-electron chi connectivity index (χ0n) is 10.6. The van der Waals surface area contributed by atoms with Gasteiger partial charge in [-0.25, -0.2) is 0 Å². The molecule has 106 valence electrons. The lowest BCUT2D eigenvalue weighted by molar-refractivity contribution is -0.138. The van der Waals surface area contributed by atoms with E-state index in [0.717, 1.165) is 9.75 Å². The summed E-state index contributed by atoms with van der Waals surface area (Å²) in [6, 6.07) is 1.73. The molecule has 0 saturated carbocycles. The average molecular weight is 293 g/mol. The van der Waals surface area contributed by atoms with Crippen molar-refractivity contribution in [3.8, 4) is 0 Å². The van der Waals surface area contributed by atoms with Gasteiger partial charge in [-0.1, -0.05) is 0 Å². The summed E-state index contributed by atoms with van der Waals surface area (Å²) in [6.07, 6.45) is -4.75. The molecule has 0 saturated heterocycles. The van der Waals surface area contributed by atoms with E-state index < -0.39 is 18.6 Å². The van der Waals surface area contributed by atoms with E-state index >= 15 is 0 Å². The number of hydrogen-bond donors (Lipinski definition) is 1. The molecule has 0 aromatic carbocycles. The molecule has 1 aromatic rings. The number of carbonyl (C=O) groups is 2. The third-order valence-corrected chi connectivity index (χ3v) is 3.37. The molecule has 0 fully saturated rings. The molecular formula is C12H14F3NO2S. The number of ketones is 1. The summed E-state index contributed by atoms with van der Waals surface area (Å²) in [6.45, 7) is 2.30. The summed E-state index contributed by atoms with van der Waals surface area (Å²) in [4.78, 5) is 24.8. The summed E-state index contributed by atoms with van der Waals surface area (Å²) in [5.74, 6) is -0.987. The minimum Gasteiger partial charge on any atom is -0.347 e. The van der Waals surface area contributed by atoms with Gasteiger partial charge >= 0.3 is 6.18 Å². The van der Waals surface area contributed by atoms with E-state index in [4.69, 9.17) is 0 Å². The van der Waals surface area contributed by atoms with E-state index in [1.54, 1.807) is 18.3 Å². The highest BCUT2D eigenvalue weighted by Gasteiger charge is 2.27. The van der Waals surface area contributed by atoms with Gasteiger partial charge in [0.15, 0.2) is 5.78 Å². The summed E-state index contributed by atoms with van der Waals surface area (Å²) in [5.41, 5.74) is 0.547. The Hall–Kier alpha value is -1.37. The lowest BCUT2D eigenvalue weighted by Gasteiger charge is -2.07. The third kappa shape index (κ3) is 5.42. The predicted molar refractivity (Wildman–Crippen MR) is 66.4 cm³/mol. The van der Waals surface area contributed by atoms with E-state index in [2.05, 4.69) is 0 Å². The molecule has 1 rings (SSSR count). The fourth-order valence-electron chi connectivity index (χ4n) is 1.56. The molecule has 0 radical (unpaired) electrons. The molecule has 1 heterocycles. The lowest BCUT2D eigenvalue weighted by Crippen LogP contribution is -2.33. The number of Topliss-reactive ketones (excluding diaryl/α,β-unsaturated/α-hetero) is 1. The number of amides is 1. The Balaban J connectivity index is 2.42. The Kier molecular flexibility index (Phi) is 5.11. The first kappa shape index (κ1) is 15.7. The highest BCUT2D eigenvalue weighted by atomic mass is 32.1. The second-order valence-corrected chi connectivity index (χ2v) is 5.60. The number of alkyl halides is 3. The van der Waals surface area contributed by atoms with Crippen LogP contribution in [0.2, 0.25) is 0 Å². The molecule has 3 nitrogen and oxygen atoms in total. The first-order valence-electron chi connectivity index (χ1n) is 5.63. The Bertz CT molecular complexity index is 480. The second-order valence-electron chi connectivity index (χ2n) is 4.14. The van der Waals surface area contributed by atoms with Crippen molar-refractivity contribution in [1.29, 1.82) is 0 Å². The number of hydrogen-bond acceptors (Lipinski definition) is 3. The quantitative estimate of drug-likeness (QED) is 0.848. The van der Waals surface area contributed by atoms with Gasteiger partial charge in [0.25, 0.3) is 0 Å². The van der Waals surface area contributed by atoms with Crippen LogP contribution in [-0.4, -0.2) is 24.4 Å². The third-order valence-electron chi connectivity index (χ3n) is 2.41. The predicted octanol–water partition coefficient (Wildman–Crippen LogP) is 3.01. The first-order valence-corrected chi connectivity index (χ1v) is 6.44. The van der Waals surface area contributed by atoms with Gasteiger partial charge in [0, 0.05) is 28.2 Å². The number of rotatable bonds is 5. The number of aryl methyl sites for hydroxylation is 2. The Morgan fingerprint density at radius 3 is 2.37 bits per heavy atom. The zero-order chi connectivity index (χ0) is 14.6. The van der Waals surface area contributed by atoms with Gasteiger partial charge in [-0.2, -0.15) is 13.2 Å². The van der Waals surface area contributed by atoms with Crippen LogP contribution in [0.25, 0.3) is 0 Å². The minimum atomic E-state index is -4.43. The monoisotopic (exact) mass is 293 g/mol. The Morgan fingerprint density at radius 1 is 1.26 bits per heavy atom. The van der Waals surface area contributed by atoms with E-state index in [1.807, 2.05) is 6.92 Å². The summed E-state index contributed by atoms with van der Waals surface area (Å²) < 4.78 is 35.6. The van der Waals surface area contributed by atoms with Crippen LogP contribution < -0.4 is 5.32 Å². The normalized spacial score (nSPS) is 11.4. The first-order chi connectivity index (χ1) is 8.69. The summed E-state index contributed by atoms with van der Waals surface area (Å²) >= 11 is 1.48.